The van der Waals surface area contributed by atoms with Crippen LogP contribution < -0.4 is 10.6 Å². The van der Waals surface area contributed by atoms with E-state index in [1.807, 2.05) is 18.2 Å². The van der Waals surface area contributed by atoms with Crippen LogP contribution in [0.15, 0.2) is 48.5 Å². The highest BCUT2D eigenvalue weighted by molar-refractivity contribution is 6.05. The monoisotopic (exact) mass is 379 g/mol. The number of aromatic nitrogens is 1. The second-order valence-electron chi connectivity index (χ2n) is 6.81. The fourth-order valence-electron chi connectivity index (χ4n) is 3.35. The van der Waals surface area contributed by atoms with Gasteiger partial charge in [-0.3, -0.25) is 9.78 Å². The van der Waals surface area contributed by atoms with Gasteiger partial charge in [0.05, 0.1) is 17.0 Å². The van der Waals surface area contributed by atoms with Crippen molar-refractivity contribution in [1.29, 1.82) is 0 Å². The van der Waals surface area contributed by atoms with Crippen molar-refractivity contribution in [3.05, 3.63) is 77.0 Å². The summed E-state index contributed by atoms with van der Waals surface area (Å²) in [6.07, 6.45) is 2.14. The largest absolute Gasteiger partial charge is 0.385 e. The van der Waals surface area contributed by atoms with Gasteiger partial charge in [0.25, 0.3) is 5.91 Å². The van der Waals surface area contributed by atoms with E-state index >= 15 is 0 Å². The first kappa shape index (κ1) is 18.1. The van der Waals surface area contributed by atoms with Crippen molar-refractivity contribution >= 4 is 17.3 Å². The SMILES string of the molecule is Cc1nc(-c2ccc(F)c(F)c2)ccc1C(=O)Nc1ccc2c(c1)NCCC2. The number of carbonyl (C=O) groups is 1. The van der Waals surface area contributed by atoms with E-state index in [0.29, 0.717) is 28.2 Å². The zero-order valence-electron chi connectivity index (χ0n) is 15.4. The molecule has 1 aromatic heterocycles. The van der Waals surface area contributed by atoms with Crippen LogP contribution in [0.3, 0.4) is 0 Å². The molecule has 1 aliphatic rings. The summed E-state index contributed by atoms with van der Waals surface area (Å²) in [5.74, 6) is -2.10. The van der Waals surface area contributed by atoms with Gasteiger partial charge in [-0.1, -0.05) is 6.07 Å². The molecular formula is C22H19F2N3O. The summed E-state index contributed by atoms with van der Waals surface area (Å²) in [5.41, 5.74) is 4.88. The van der Waals surface area contributed by atoms with Gasteiger partial charge in [0, 0.05) is 23.5 Å². The van der Waals surface area contributed by atoms with E-state index in [1.165, 1.54) is 11.6 Å². The summed E-state index contributed by atoms with van der Waals surface area (Å²) in [5, 5.41) is 6.24. The highest BCUT2D eigenvalue weighted by atomic mass is 19.2. The molecule has 1 aliphatic heterocycles. The minimum Gasteiger partial charge on any atom is -0.385 e. The van der Waals surface area contributed by atoms with Crippen molar-refractivity contribution in [1.82, 2.24) is 4.98 Å². The second-order valence-corrected chi connectivity index (χ2v) is 6.81. The normalized spacial score (nSPS) is 12.8. The van der Waals surface area contributed by atoms with E-state index in [9.17, 15) is 13.6 Å². The first-order valence-corrected chi connectivity index (χ1v) is 9.12. The van der Waals surface area contributed by atoms with Crippen molar-refractivity contribution in [2.24, 2.45) is 0 Å². The van der Waals surface area contributed by atoms with Crippen LogP contribution in [0.1, 0.15) is 28.0 Å². The van der Waals surface area contributed by atoms with Crippen LogP contribution in [0.4, 0.5) is 20.2 Å². The molecule has 1 amide bonds. The number of anilines is 2. The number of aryl methyl sites for hydroxylation is 2. The molecular weight excluding hydrogens is 360 g/mol. The third-order valence-electron chi connectivity index (χ3n) is 4.85. The molecule has 6 heteroatoms. The van der Waals surface area contributed by atoms with Crippen molar-refractivity contribution in [3.63, 3.8) is 0 Å². The van der Waals surface area contributed by atoms with Crippen LogP contribution in [0, 0.1) is 18.6 Å². The van der Waals surface area contributed by atoms with Crippen LogP contribution in [0.25, 0.3) is 11.3 Å². The lowest BCUT2D eigenvalue weighted by molar-refractivity contribution is 0.102. The summed E-state index contributed by atoms with van der Waals surface area (Å²) in [6.45, 7) is 2.64. The quantitative estimate of drug-likeness (QED) is 0.677. The third-order valence-corrected chi connectivity index (χ3v) is 4.85. The molecule has 2 N–H and O–H groups in total. The molecule has 4 rings (SSSR count). The maximum atomic E-state index is 13.5. The molecule has 2 aromatic carbocycles. The van der Waals surface area contributed by atoms with Crippen LogP contribution in [0.5, 0.6) is 0 Å². The molecule has 28 heavy (non-hydrogen) atoms. The van der Waals surface area contributed by atoms with Crippen molar-refractivity contribution in [3.8, 4) is 11.3 Å². The van der Waals surface area contributed by atoms with Gasteiger partial charge in [0.15, 0.2) is 11.6 Å². The number of benzene rings is 2. The molecule has 4 nitrogen and oxygen atoms in total. The van der Waals surface area contributed by atoms with Gasteiger partial charge in [-0.2, -0.15) is 0 Å². The molecule has 0 unspecified atom stereocenters. The van der Waals surface area contributed by atoms with Crippen LogP contribution in [-0.2, 0) is 6.42 Å². The van der Waals surface area contributed by atoms with Crippen LogP contribution >= 0.6 is 0 Å². The van der Waals surface area contributed by atoms with Gasteiger partial charge < -0.3 is 10.6 Å². The fraction of sp³-hybridized carbons (Fsp3) is 0.182. The van der Waals surface area contributed by atoms with Crippen molar-refractivity contribution in [2.75, 3.05) is 17.2 Å². The number of halogens is 2. The van der Waals surface area contributed by atoms with Crippen LogP contribution in [0.2, 0.25) is 0 Å². The number of rotatable bonds is 3. The highest BCUT2D eigenvalue weighted by Gasteiger charge is 2.14. The number of carbonyl (C=O) groups excluding carboxylic acids is 1. The van der Waals surface area contributed by atoms with Crippen LogP contribution in [-0.4, -0.2) is 17.4 Å². The molecule has 2 heterocycles. The van der Waals surface area contributed by atoms with Crippen molar-refractivity contribution in [2.45, 2.75) is 19.8 Å². The van der Waals surface area contributed by atoms with Gasteiger partial charge in [-0.25, -0.2) is 8.78 Å². The summed E-state index contributed by atoms with van der Waals surface area (Å²) < 4.78 is 26.6. The van der Waals surface area contributed by atoms with E-state index in [-0.39, 0.29) is 5.91 Å². The minimum atomic E-state index is -0.931. The number of hydrogen-bond acceptors (Lipinski definition) is 3. The lowest BCUT2D eigenvalue weighted by atomic mass is 10.0. The Labute approximate surface area is 161 Å². The molecule has 0 atom stereocenters. The summed E-state index contributed by atoms with van der Waals surface area (Å²) >= 11 is 0. The Balaban J connectivity index is 1.55. The Morgan fingerprint density at radius 2 is 1.93 bits per heavy atom. The van der Waals surface area contributed by atoms with Gasteiger partial charge in [-0.15, -0.1) is 0 Å². The number of amides is 1. The topological polar surface area (TPSA) is 54.0 Å². The molecule has 0 fully saturated rings. The Morgan fingerprint density at radius 3 is 2.71 bits per heavy atom. The number of hydrogen-bond donors (Lipinski definition) is 2. The average Bonchev–Trinajstić information content (AvgIpc) is 2.69. The molecule has 0 spiro atoms. The fourth-order valence-corrected chi connectivity index (χ4v) is 3.35. The summed E-state index contributed by atoms with van der Waals surface area (Å²) in [7, 11) is 0. The van der Waals surface area contributed by atoms with Gasteiger partial charge in [0.1, 0.15) is 0 Å². The van der Waals surface area contributed by atoms with Gasteiger partial charge >= 0.3 is 0 Å². The standard InChI is InChI=1S/C22H19F2N3O/c1-13-17(7-9-20(26-13)15-5-8-18(23)19(24)11-15)22(28)27-16-6-4-14-3-2-10-25-21(14)12-16/h4-9,11-12,25H,2-3,10H2,1H3,(H,27,28). The maximum Gasteiger partial charge on any atom is 0.257 e. The van der Waals surface area contributed by atoms with E-state index in [0.717, 1.165) is 37.2 Å². The molecule has 0 radical (unpaired) electrons. The van der Waals surface area contributed by atoms with Gasteiger partial charge in [0.2, 0.25) is 0 Å². The lowest BCUT2D eigenvalue weighted by Gasteiger charge is -2.19. The van der Waals surface area contributed by atoms with Crippen molar-refractivity contribution < 1.29 is 13.6 Å². The van der Waals surface area contributed by atoms with Gasteiger partial charge in [-0.05, 0) is 67.8 Å². The Bertz CT molecular complexity index is 1070. The first-order chi connectivity index (χ1) is 13.5. The molecule has 0 saturated heterocycles. The summed E-state index contributed by atoms with van der Waals surface area (Å²) in [6, 6.07) is 12.7. The zero-order valence-corrected chi connectivity index (χ0v) is 15.4. The molecule has 0 aliphatic carbocycles. The zero-order chi connectivity index (χ0) is 19.7. The minimum absolute atomic E-state index is 0.266. The average molecular weight is 379 g/mol. The molecule has 3 aromatic rings. The number of pyridine rings is 1. The molecule has 0 saturated carbocycles. The molecule has 0 bridgehead atoms. The number of nitrogens with one attached hydrogen (secondary N) is 2. The Kier molecular flexibility index (Phi) is 4.77. The summed E-state index contributed by atoms with van der Waals surface area (Å²) in [4.78, 5) is 17.1. The lowest BCUT2D eigenvalue weighted by Crippen LogP contribution is -2.16. The van der Waals surface area contributed by atoms with E-state index in [1.54, 1.807) is 19.1 Å². The maximum absolute atomic E-state index is 13.5. The van der Waals surface area contributed by atoms with E-state index in [4.69, 9.17) is 0 Å². The van der Waals surface area contributed by atoms with E-state index in [2.05, 4.69) is 15.6 Å². The Morgan fingerprint density at radius 1 is 1.07 bits per heavy atom. The predicted molar refractivity (Wildman–Crippen MR) is 106 cm³/mol. The second kappa shape index (κ2) is 7.38. The number of nitrogens with zero attached hydrogens (tertiary/aromatic N) is 1. The molecule has 142 valence electrons. The predicted octanol–water partition coefficient (Wildman–Crippen LogP) is 4.95. The van der Waals surface area contributed by atoms with E-state index < -0.39 is 11.6 Å². The Hall–Kier alpha value is -3.28. The smallest absolute Gasteiger partial charge is 0.257 e. The highest BCUT2D eigenvalue weighted by Crippen LogP contribution is 2.26. The third kappa shape index (κ3) is 3.58. The first-order valence-electron chi connectivity index (χ1n) is 9.12. The number of fused-ring (bicyclic) bond motifs is 1.